The zero-order chi connectivity index (χ0) is 20.4. The first kappa shape index (κ1) is 19.9. The highest BCUT2D eigenvalue weighted by Crippen LogP contribution is 2.26. The summed E-state index contributed by atoms with van der Waals surface area (Å²) < 4.78 is 5.64. The molecule has 6 heteroatoms. The second-order valence-corrected chi connectivity index (χ2v) is 7.58. The summed E-state index contributed by atoms with van der Waals surface area (Å²) in [6, 6.07) is 9.63. The third-order valence-corrected chi connectivity index (χ3v) is 4.88. The molecular weight excluding hydrogens is 354 g/mol. The number of aryl methyl sites for hydroxylation is 3. The summed E-state index contributed by atoms with van der Waals surface area (Å²) in [5.41, 5.74) is 3.12. The zero-order valence-electron chi connectivity index (χ0n) is 17.2. The van der Waals surface area contributed by atoms with Gasteiger partial charge in [0.2, 0.25) is 5.91 Å². The van der Waals surface area contributed by atoms with Gasteiger partial charge in [0.15, 0.2) is 0 Å². The maximum absolute atomic E-state index is 13.2. The van der Waals surface area contributed by atoms with Crippen molar-refractivity contribution in [3.63, 3.8) is 0 Å². The molecule has 1 aromatic heterocycles. The fourth-order valence-corrected chi connectivity index (χ4v) is 3.24. The minimum atomic E-state index is -0.160. The molecule has 2 heterocycles. The normalized spacial score (nSPS) is 14.4. The molecule has 0 N–H and O–H groups in total. The zero-order valence-corrected chi connectivity index (χ0v) is 17.2. The van der Waals surface area contributed by atoms with Gasteiger partial charge in [0.05, 0.1) is 12.2 Å². The van der Waals surface area contributed by atoms with Crippen LogP contribution in [-0.2, 0) is 16.1 Å². The lowest BCUT2D eigenvalue weighted by Gasteiger charge is -2.30. The van der Waals surface area contributed by atoms with E-state index in [9.17, 15) is 9.59 Å². The van der Waals surface area contributed by atoms with Crippen LogP contribution in [0.25, 0.3) is 0 Å². The molecule has 0 aliphatic carbocycles. The van der Waals surface area contributed by atoms with Crippen LogP contribution >= 0.6 is 0 Å². The first-order chi connectivity index (χ1) is 13.3. The van der Waals surface area contributed by atoms with Gasteiger partial charge in [-0.05, 0) is 63.9 Å². The molecule has 148 valence electrons. The molecule has 28 heavy (non-hydrogen) atoms. The van der Waals surface area contributed by atoms with Crippen LogP contribution in [0.15, 0.2) is 39.9 Å². The van der Waals surface area contributed by atoms with Gasteiger partial charge in [-0.2, -0.15) is 5.10 Å². The number of hydrogen-bond acceptors (Lipinski definition) is 4. The van der Waals surface area contributed by atoms with E-state index in [1.54, 1.807) is 4.90 Å². The maximum Gasteiger partial charge on any atom is 0.270 e. The van der Waals surface area contributed by atoms with Gasteiger partial charge in [-0.3, -0.25) is 9.59 Å². The Hall–Kier alpha value is -2.89. The molecule has 0 bridgehead atoms. The first-order valence-electron chi connectivity index (χ1n) is 9.60. The maximum atomic E-state index is 13.2. The molecule has 1 aliphatic heterocycles. The van der Waals surface area contributed by atoms with Gasteiger partial charge in [-0.1, -0.05) is 12.1 Å². The fourth-order valence-electron chi connectivity index (χ4n) is 3.24. The number of anilines is 1. The lowest BCUT2D eigenvalue weighted by Crippen LogP contribution is -2.44. The second kappa shape index (κ2) is 8.00. The van der Waals surface area contributed by atoms with E-state index >= 15 is 0 Å². The van der Waals surface area contributed by atoms with Gasteiger partial charge < -0.3 is 9.32 Å². The third kappa shape index (κ3) is 4.16. The van der Waals surface area contributed by atoms with E-state index in [1.807, 2.05) is 65.0 Å². The van der Waals surface area contributed by atoms with E-state index < -0.39 is 0 Å². The van der Waals surface area contributed by atoms with E-state index in [-0.39, 0.29) is 24.3 Å². The van der Waals surface area contributed by atoms with Crippen molar-refractivity contribution >= 4 is 23.2 Å². The summed E-state index contributed by atoms with van der Waals surface area (Å²) in [6.07, 6.45) is 0.614. The van der Waals surface area contributed by atoms with E-state index in [0.717, 1.165) is 28.3 Å². The van der Waals surface area contributed by atoms with E-state index in [4.69, 9.17) is 4.42 Å². The fraction of sp³-hybridized carbons (Fsp3) is 0.409. The number of furan rings is 1. The molecule has 0 unspecified atom stereocenters. The molecule has 0 saturated heterocycles. The lowest BCUT2D eigenvalue weighted by atomic mass is 10.1. The van der Waals surface area contributed by atoms with Gasteiger partial charge >= 0.3 is 0 Å². The molecular formula is C22H27N3O3. The quantitative estimate of drug-likeness (QED) is 0.782. The third-order valence-electron chi connectivity index (χ3n) is 4.88. The topological polar surface area (TPSA) is 66.1 Å². The molecule has 6 nitrogen and oxygen atoms in total. The smallest absolute Gasteiger partial charge is 0.270 e. The number of carbonyl (C=O) groups excluding carboxylic acids is 2. The predicted molar refractivity (Wildman–Crippen MR) is 109 cm³/mol. The van der Waals surface area contributed by atoms with Crippen molar-refractivity contribution < 1.29 is 14.0 Å². The average Bonchev–Trinajstić information content (AvgIpc) is 3.06. The summed E-state index contributed by atoms with van der Waals surface area (Å²) in [5, 5.41) is 5.85. The van der Waals surface area contributed by atoms with Crippen LogP contribution in [0.2, 0.25) is 0 Å². The van der Waals surface area contributed by atoms with Crippen molar-refractivity contribution in [3.05, 3.63) is 53.0 Å². The molecule has 0 spiro atoms. The van der Waals surface area contributed by atoms with Crippen LogP contribution in [0.5, 0.6) is 0 Å². The number of hydrazone groups is 1. The largest absolute Gasteiger partial charge is 0.464 e. The van der Waals surface area contributed by atoms with Crippen LogP contribution < -0.4 is 5.01 Å². The lowest BCUT2D eigenvalue weighted by molar-refractivity contribution is -0.126. The highest BCUT2D eigenvalue weighted by molar-refractivity contribution is 6.40. The van der Waals surface area contributed by atoms with Crippen molar-refractivity contribution in [1.82, 2.24) is 4.90 Å². The van der Waals surface area contributed by atoms with Crippen LogP contribution in [0.4, 0.5) is 5.69 Å². The molecule has 3 rings (SSSR count). The van der Waals surface area contributed by atoms with Crippen molar-refractivity contribution in [3.8, 4) is 0 Å². The molecule has 1 aliphatic rings. The van der Waals surface area contributed by atoms with Crippen LogP contribution in [-0.4, -0.2) is 28.5 Å². The van der Waals surface area contributed by atoms with Gasteiger partial charge in [0.25, 0.3) is 5.91 Å². The molecule has 1 aromatic carbocycles. The monoisotopic (exact) mass is 381 g/mol. The molecule has 0 atom stereocenters. The minimum absolute atomic E-state index is 0.0209. The number of carbonyl (C=O) groups is 2. The van der Waals surface area contributed by atoms with E-state index in [2.05, 4.69) is 5.10 Å². The molecule has 2 amide bonds. The Labute approximate surface area is 165 Å². The van der Waals surface area contributed by atoms with Gasteiger partial charge in [-0.15, -0.1) is 0 Å². The van der Waals surface area contributed by atoms with Crippen LogP contribution in [0, 0.1) is 20.8 Å². The average molecular weight is 381 g/mol. The second-order valence-electron chi connectivity index (χ2n) is 7.58. The van der Waals surface area contributed by atoms with Gasteiger partial charge in [0.1, 0.15) is 17.2 Å². The molecule has 0 fully saturated rings. The summed E-state index contributed by atoms with van der Waals surface area (Å²) in [6.45, 7) is 10.1. The number of nitrogens with zero attached hydrogens (tertiary/aromatic N) is 3. The SMILES string of the molecule is Cc1ccc(C)c(N2N=C(C(=O)N(Cc3ccc(C)o3)C(C)C)CCC2=O)c1. The highest BCUT2D eigenvalue weighted by atomic mass is 16.3. The van der Waals surface area contributed by atoms with Crippen LogP contribution in [0.1, 0.15) is 49.3 Å². The van der Waals surface area contributed by atoms with Crippen molar-refractivity contribution in [2.75, 3.05) is 5.01 Å². The summed E-state index contributed by atoms with van der Waals surface area (Å²) in [4.78, 5) is 27.4. The van der Waals surface area contributed by atoms with Crippen LogP contribution in [0.3, 0.4) is 0 Å². The van der Waals surface area contributed by atoms with E-state index in [1.165, 1.54) is 5.01 Å². The Morgan fingerprint density at radius 3 is 2.57 bits per heavy atom. The summed E-state index contributed by atoms with van der Waals surface area (Å²) in [7, 11) is 0. The Bertz CT molecular complexity index is 927. The highest BCUT2D eigenvalue weighted by Gasteiger charge is 2.30. The molecule has 2 aromatic rings. The molecule has 0 saturated carbocycles. The summed E-state index contributed by atoms with van der Waals surface area (Å²) in [5.74, 6) is 1.29. The Morgan fingerprint density at radius 2 is 1.93 bits per heavy atom. The standard InChI is InChI=1S/C22H27N3O3/c1-14(2)24(13-18-9-8-17(5)28-18)22(27)19-10-11-21(26)25(23-19)20-12-15(3)6-7-16(20)4/h6-9,12,14H,10-11,13H2,1-5H3. The van der Waals surface area contributed by atoms with Crippen molar-refractivity contribution in [2.24, 2.45) is 5.10 Å². The van der Waals surface area contributed by atoms with Crippen molar-refractivity contribution in [2.45, 2.75) is 60.0 Å². The summed E-state index contributed by atoms with van der Waals surface area (Å²) >= 11 is 0. The Morgan fingerprint density at radius 1 is 1.18 bits per heavy atom. The van der Waals surface area contributed by atoms with Gasteiger partial charge in [-0.25, -0.2) is 5.01 Å². The Kier molecular flexibility index (Phi) is 5.68. The predicted octanol–water partition coefficient (Wildman–Crippen LogP) is 4.12. The van der Waals surface area contributed by atoms with E-state index in [0.29, 0.717) is 18.7 Å². The number of amides is 2. The van der Waals surface area contributed by atoms with Gasteiger partial charge in [0, 0.05) is 18.9 Å². The molecule has 0 radical (unpaired) electrons. The number of benzene rings is 1. The minimum Gasteiger partial charge on any atom is -0.464 e. The Balaban J connectivity index is 1.90. The first-order valence-corrected chi connectivity index (χ1v) is 9.60. The number of hydrogen-bond donors (Lipinski definition) is 0. The van der Waals surface area contributed by atoms with Crippen molar-refractivity contribution in [1.29, 1.82) is 0 Å². The number of rotatable bonds is 5.